The van der Waals surface area contributed by atoms with Crippen LogP contribution in [-0.4, -0.2) is 53.8 Å². The van der Waals surface area contributed by atoms with E-state index in [2.05, 4.69) is 33.6 Å². The van der Waals surface area contributed by atoms with Gasteiger partial charge in [-0.1, -0.05) is 18.9 Å². The van der Waals surface area contributed by atoms with Crippen LogP contribution in [0.5, 0.6) is 5.75 Å². The maximum Gasteiger partial charge on any atom is 0.268 e. The van der Waals surface area contributed by atoms with E-state index in [4.69, 9.17) is 10.5 Å². The van der Waals surface area contributed by atoms with Gasteiger partial charge in [0.15, 0.2) is 0 Å². The molecular weight excluding hydrogens is 442 g/mol. The molecule has 178 valence electrons. The Balaban J connectivity index is 1.46. The van der Waals surface area contributed by atoms with Crippen LogP contribution in [0.2, 0.25) is 0 Å². The third kappa shape index (κ3) is 5.62. The van der Waals surface area contributed by atoms with Crippen molar-refractivity contribution in [2.45, 2.75) is 49.6 Å². The Morgan fingerprint density at radius 2 is 2.03 bits per heavy atom. The molecule has 0 bridgehead atoms. The lowest BCUT2D eigenvalue weighted by molar-refractivity contribution is -0.125. The number of aromatic amines is 1. The molecule has 33 heavy (non-hydrogen) atoms. The lowest BCUT2D eigenvalue weighted by atomic mass is 9.97. The number of carbonyl (C=O) groups excluding carboxylic acids is 3. The molecule has 9 nitrogen and oxygen atoms in total. The topological polar surface area (TPSA) is 138 Å². The fourth-order valence-electron chi connectivity index (χ4n) is 4.33. The summed E-state index contributed by atoms with van der Waals surface area (Å²) in [6, 6.07) is 6.07. The molecule has 0 spiro atoms. The SMILES string of the molecule is COc1cccc2[nH]c(C(=O)N[C@@H](CC3CC3)C(=O)N[C@@H](C[C@@H]3CCNC3=O)C(N)S)cc12. The number of rotatable bonds is 10. The highest BCUT2D eigenvalue weighted by atomic mass is 32.1. The first-order valence-electron chi connectivity index (χ1n) is 11.3. The Hall–Kier alpha value is -2.72. The van der Waals surface area contributed by atoms with Crippen molar-refractivity contribution in [3.05, 3.63) is 30.0 Å². The third-order valence-corrected chi connectivity index (χ3v) is 6.78. The van der Waals surface area contributed by atoms with Crippen LogP contribution in [0, 0.1) is 11.8 Å². The molecule has 2 aliphatic rings. The quantitative estimate of drug-likeness (QED) is 0.228. The minimum absolute atomic E-state index is 0.0275. The van der Waals surface area contributed by atoms with Gasteiger partial charge >= 0.3 is 0 Å². The van der Waals surface area contributed by atoms with E-state index in [1.165, 1.54) is 0 Å². The van der Waals surface area contributed by atoms with E-state index in [0.29, 0.717) is 43.2 Å². The molecule has 1 aromatic carbocycles. The number of aromatic nitrogens is 1. The average molecular weight is 474 g/mol. The number of carbonyl (C=O) groups is 3. The molecule has 4 rings (SSSR count). The highest BCUT2D eigenvalue weighted by Gasteiger charge is 2.34. The summed E-state index contributed by atoms with van der Waals surface area (Å²) in [6.45, 7) is 0.627. The van der Waals surface area contributed by atoms with Gasteiger partial charge in [-0.25, -0.2) is 0 Å². The van der Waals surface area contributed by atoms with Gasteiger partial charge in [0.2, 0.25) is 11.8 Å². The normalized spacial score (nSPS) is 20.7. The van der Waals surface area contributed by atoms with Crippen LogP contribution >= 0.6 is 12.6 Å². The fourth-order valence-corrected chi connectivity index (χ4v) is 4.52. The van der Waals surface area contributed by atoms with E-state index >= 15 is 0 Å². The summed E-state index contributed by atoms with van der Waals surface area (Å²) in [4.78, 5) is 41.2. The molecule has 1 aliphatic carbocycles. The van der Waals surface area contributed by atoms with Crippen molar-refractivity contribution >= 4 is 41.3 Å². The van der Waals surface area contributed by atoms with Crippen LogP contribution in [0.4, 0.5) is 0 Å². The Kier molecular flexibility index (Phi) is 7.14. The summed E-state index contributed by atoms with van der Waals surface area (Å²) in [5.41, 5.74) is 7.13. The number of ether oxygens (including phenoxy) is 1. The number of thiol groups is 1. The summed E-state index contributed by atoms with van der Waals surface area (Å²) >= 11 is 4.32. The van der Waals surface area contributed by atoms with Crippen LogP contribution in [0.25, 0.3) is 10.9 Å². The van der Waals surface area contributed by atoms with Gasteiger partial charge in [-0.2, -0.15) is 12.6 Å². The first-order valence-corrected chi connectivity index (χ1v) is 11.9. The summed E-state index contributed by atoms with van der Waals surface area (Å²) < 4.78 is 5.37. The van der Waals surface area contributed by atoms with Crippen LogP contribution in [0.3, 0.4) is 0 Å². The summed E-state index contributed by atoms with van der Waals surface area (Å²) in [6.07, 6.45) is 3.76. The third-order valence-electron chi connectivity index (χ3n) is 6.42. The number of H-pyrrole nitrogens is 1. The van der Waals surface area contributed by atoms with Crippen molar-refractivity contribution in [3.63, 3.8) is 0 Å². The summed E-state index contributed by atoms with van der Waals surface area (Å²) in [5, 5.41) is 8.79. The fraction of sp³-hybridized carbons (Fsp3) is 0.522. The molecule has 4 atom stereocenters. The van der Waals surface area contributed by atoms with E-state index in [9.17, 15) is 14.4 Å². The molecular formula is C23H31N5O4S. The monoisotopic (exact) mass is 473 g/mol. The number of amides is 3. The van der Waals surface area contributed by atoms with E-state index in [-0.39, 0.29) is 23.6 Å². The Labute approximate surface area is 198 Å². The van der Waals surface area contributed by atoms with E-state index in [1.54, 1.807) is 13.2 Å². The number of benzene rings is 1. The maximum atomic E-state index is 13.2. The van der Waals surface area contributed by atoms with E-state index in [0.717, 1.165) is 23.7 Å². The van der Waals surface area contributed by atoms with Crippen molar-refractivity contribution in [1.29, 1.82) is 0 Å². The minimum Gasteiger partial charge on any atom is -0.496 e. The van der Waals surface area contributed by atoms with Crippen molar-refractivity contribution in [1.82, 2.24) is 20.9 Å². The molecule has 1 saturated carbocycles. The van der Waals surface area contributed by atoms with Crippen LogP contribution in [-0.2, 0) is 9.59 Å². The molecule has 2 aromatic rings. The van der Waals surface area contributed by atoms with Gasteiger partial charge in [0.1, 0.15) is 17.5 Å². The van der Waals surface area contributed by atoms with Gasteiger partial charge in [-0.05, 0) is 43.4 Å². The highest BCUT2D eigenvalue weighted by Crippen LogP contribution is 2.34. The Morgan fingerprint density at radius 1 is 1.24 bits per heavy atom. The predicted octanol–water partition coefficient (Wildman–Crippen LogP) is 1.30. The van der Waals surface area contributed by atoms with Crippen molar-refractivity contribution < 1.29 is 19.1 Å². The smallest absolute Gasteiger partial charge is 0.268 e. The average Bonchev–Trinajstić information content (AvgIpc) is 3.34. The van der Waals surface area contributed by atoms with Gasteiger partial charge in [0.25, 0.3) is 5.91 Å². The molecule has 2 fully saturated rings. The number of hydrogen-bond acceptors (Lipinski definition) is 6. The zero-order valence-corrected chi connectivity index (χ0v) is 19.5. The second-order valence-electron chi connectivity index (χ2n) is 8.93. The van der Waals surface area contributed by atoms with Crippen molar-refractivity contribution in [2.24, 2.45) is 17.6 Å². The molecule has 0 radical (unpaired) electrons. The molecule has 2 heterocycles. The first-order chi connectivity index (χ1) is 15.9. The van der Waals surface area contributed by atoms with E-state index < -0.39 is 17.5 Å². The first kappa shape index (κ1) is 23.4. The number of hydrogen-bond donors (Lipinski definition) is 6. The molecule has 1 saturated heterocycles. The molecule has 3 amide bonds. The van der Waals surface area contributed by atoms with Crippen molar-refractivity contribution in [3.8, 4) is 5.75 Å². The molecule has 1 unspecified atom stereocenters. The van der Waals surface area contributed by atoms with Gasteiger partial charge in [-0.3, -0.25) is 14.4 Å². The standard InChI is InChI=1S/C23H31N5O4S/c1-32-19-4-2-3-15-14(19)11-18(26-15)23(31)28-17(9-12-5-6-12)22(30)27-16(20(24)33)10-13-7-8-25-21(13)29/h2-4,11-13,16-17,20,26,33H,5-10,24H2,1H3,(H,25,29)(H,27,30)(H,28,31)/t13-,16-,17-,20?/m0/s1. The molecule has 1 aromatic heterocycles. The molecule has 1 aliphatic heterocycles. The van der Waals surface area contributed by atoms with Gasteiger partial charge in [0.05, 0.1) is 18.5 Å². The molecule has 6 N–H and O–H groups in total. The molecule has 10 heteroatoms. The van der Waals surface area contributed by atoms with Gasteiger partial charge < -0.3 is 31.4 Å². The lowest BCUT2D eigenvalue weighted by Gasteiger charge is -2.26. The van der Waals surface area contributed by atoms with E-state index in [1.807, 2.05) is 18.2 Å². The zero-order valence-electron chi connectivity index (χ0n) is 18.6. The maximum absolute atomic E-state index is 13.2. The Bertz CT molecular complexity index is 1040. The zero-order chi connectivity index (χ0) is 23.5. The summed E-state index contributed by atoms with van der Waals surface area (Å²) in [7, 11) is 1.58. The predicted molar refractivity (Wildman–Crippen MR) is 128 cm³/mol. The van der Waals surface area contributed by atoms with Gasteiger partial charge in [-0.15, -0.1) is 0 Å². The number of methoxy groups -OCH3 is 1. The summed E-state index contributed by atoms with van der Waals surface area (Å²) in [5.74, 6) is 0.170. The van der Waals surface area contributed by atoms with Crippen LogP contribution in [0.1, 0.15) is 42.6 Å². The second-order valence-corrected chi connectivity index (χ2v) is 9.52. The minimum atomic E-state index is -0.703. The van der Waals surface area contributed by atoms with Crippen molar-refractivity contribution in [2.75, 3.05) is 13.7 Å². The number of fused-ring (bicyclic) bond motifs is 1. The van der Waals surface area contributed by atoms with Gasteiger partial charge in [0, 0.05) is 23.4 Å². The second kappa shape index (κ2) is 10.0. The largest absolute Gasteiger partial charge is 0.496 e. The van der Waals surface area contributed by atoms with Crippen LogP contribution < -0.4 is 26.4 Å². The Morgan fingerprint density at radius 3 is 2.67 bits per heavy atom. The number of nitrogens with one attached hydrogen (secondary N) is 4. The number of nitrogens with two attached hydrogens (primary N) is 1. The highest BCUT2D eigenvalue weighted by molar-refractivity contribution is 7.80. The lowest BCUT2D eigenvalue weighted by Crippen LogP contribution is -2.54. The van der Waals surface area contributed by atoms with Crippen LogP contribution in [0.15, 0.2) is 24.3 Å².